The summed E-state index contributed by atoms with van der Waals surface area (Å²) in [5.74, 6) is 0.456. The number of H-pyrrole nitrogens is 1. The zero-order chi connectivity index (χ0) is 10.7. The lowest BCUT2D eigenvalue weighted by molar-refractivity contribution is 1.07. The predicted octanol–water partition coefficient (Wildman–Crippen LogP) is 2.69. The number of nitrogens with one attached hydrogen (secondary N) is 1. The zero-order valence-corrected chi connectivity index (χ0v) is 9.82. The van der Waals surface area contributed by atoms with Gasteiger partial charge in [-0.2, -0.15) is 0 Å². The molecule has 3 nitrogen and oxygen atoms in total. The van der Waals surface area contributed by atoms with Gasteiger partial charge in [-0.05, 0) is 34.5 Å². The number of hydrogen-bond acceptors (Lipinski definition) is 2. The fourth-order valence-corrected chi connectivity index (χ4v) is 1.01. The molecule has 0 aliphatic rings. The van der Waals surface area contributed by atoms with Crippen LogP contribution in [0.4, 0.5) is 0 Å². The van der Waals surface area contributed by atoms with Crippen LogP contribution in [0.15, 0.2) is 32.6 Å². The molecular weight excluding hydrogens is 267 g/mol. The number of rotatable bonds is 2. The number of aromatic nitrogens is 2. The Kier molecular flexibility index (Phi) is 3.66. The second-order valence-corrected chi connectivity index (χ2v) is 3.99. The molecule has 0 spiro atoms. The molecule has 1 rings (SSSR count). The molecule has 0 unspecified atom stereocenters. The highest BCUT2D eigenvalue weighted by Gasteiger charge is 1.98. The van der Waals surface area contributed by atoms with Gasteiger partial charge < -0.3 is 4.98 Å². The number of allylic oxidation sites excluding steroid dienone is 2. The first-order valence-electron chi connectivity index (χ1n) is 3.78. The van der Waals surface area contributed by atoms with E-state index < -0.39 is 0 Å². The standard InChI is InChI=1S/C9H8BrClN2O/c1-5(6(2)11)3-8-12-4-7(10)9(14)13-8/h3-4H,2H2,1H3,(H,12,13,14)/b5-3-. The molecule has 0 radical (unpaired) electrons. The summed E-state index contributed by atoms with van der Waals surface area (Å²) < 4.78 is 0.400. The summed E-state index contributed by atoms with van der Waals surface area (Å²) in [6.45, 7) is 5.35. The van der Waals surface area contributed by atoms with Crippen molar-refractivity contribution in [2.75, 3.05) is 0 Å². The van der Waals surface area contributed by atoms with Crippen LogP contribution in [0.5, 0.6) is 0 Å². The van der Waals surface area contributed by atoms with Gasteiger partial charge in [0.2, 0.25) is 0 Å². The van der Waals surface area contributed by atoms with Crippen molar-refractivity contribution in [1.82, 2.24) is 9.97 Å². The monoisotopic (exact) mass is 274 g/mol. The third kappa shape index (κ3) is 2.82. The minimum absolute atomic E-state index is 0.223. The van der Waals surface area contributed by atoms with Crippen LogP contribution in [0.1, 0.15) is 12.7 Å². The first-order valence-corrected chi connectivity index (χ1v) is 4.95. The molecule has 0 bridgehead atoms. The van der Waals surface area contributed by atoms with E-state index in [0.29, 0.717) is 15.3 Å². The van der Waals surface area contributed by atoms with Crippen molar-refractivity contribution in [3.63, 3.8) is 0 Å². The Morgan fingerprint density at radius 2 is 2.43 bits per heavy atom. The number of aromatic amines is 1. The predicted molar refractivity (Wildman–Crippen MR) is 61.2 cm³/mol. The third-order valence-corrected chi connectivity index (χ3v) is 2.42. The highest BCUT2D eigenvalue weighted by molar-refractivity contribution is 9.10. The van der Waals surface area contributed by atoms with Crippen molar-refractivity contribution >= 4 is 33.6 Å². The summed E-state index contributed by atoms with van der Waals surface area (Å²) in [6, 6.07) is 0. The van der Waals surface area contributed by atoms with Crippen LogP contribution in [0.3, 0.4) is 0 Å². The Morgan fingerprint density at radius 3 is 2.93 bits per heavy atom. The number of halogens is 2. The summed E-state index contributed by atoms with van der Waals surface area (Å²) in [5.41, 5.74) is 0.538. The van der Waals surface area contributed by atoms with E-state index in [1.807, 2.05) is 0 Å². The Bertz CT molecular complexity index is 450. The molecule has 0 saturated carbocycles. The summed E-state index contributed by atoms with van der Waals surface area (Å²) in [6.07, 6.45) is 3.10. The molecule has 1 aromatic rings. The van der Waals surface area contributed by atoms with E-state index in [-0.39, 0.29) is 5.56 Å². The second kappa shape index (κ2) is 4.57. The maximum Gasteiger partial charge on any atom is 0.265 e. The molecule has 0 saturated heterocycles. The molecule has 1 heterocycles. The lowest BCUT2D eigenvalue weighted by Crippen LogP contribution is -2.09. The van der Waals surface area contributed by atoms with Crippen LogP contribution in [-0.4, -0.2) is 9.97 Å². The second-order valence-electron chi connectivity index (χ2n) is 2.68. The average molecular weight is 276 g/mol. The molecule has 0 atom stereocenters. The van der Waals surface area contributed by atoms with Gasteiger partial charge in [0.1, 0.15) is 10.3 Å². The SMILES string of the molecule is C=C(Cl)/C(C)=C\c1ncc(Br)c(=O)[nH]1. The number of nitrogens with zero attached hydrogens (tertiary/aromatic N) is 1. The van der Waals surface area contributed by atoms with Crippen LogP contribution < -0.4 is 5.56 Å². The minimum atomic E-state index is -0.223. The highest BCUT2D eigenvalue weighted by Crippen LogP contribution is 2.13. The van der Waals surface area contributed by atoms with Gasteiger partial charge in [0.25, 0.3) is 5.56 Å². The van der Waals surface area contributed by atoms with Crippen molar-refractivity contribution in [2.24, 2.45) is 0 Å². The molecule has 1 aromatic heterocycles. The van der Waals surface area contributed by atoms with E-state index in [0.717, 1.165) is 5.57 Å². The molecular formula is C9H8BrClN2O. The summed E-state index contributed by atoms with van der Waals surface area (Å²) in [7, 11) is 0. The maximum absolute atomic E-state index is 11.2. The minimum Gasteiger partial charge on any atom is -0.306 e. The maximum atomic E-state index is 11.2. The van der Waals surface area contributed by atoms with Gasteiger partial charge in [0.05, 0.1) is 0 Å². The molecule has 5 heteroatoms. The van der Waals surface area contributed by atoms with Crippen LogP contribution in [0.2, 0.25) is 0 Å². The van der Waals surface area contributed by atoms with E-state index in [9.17, 15) is 4.79 Å². The van der Waals surface area contributed by atoms with Crippen molar-refractivity contribution in [2.45, 2.75) is 6.92 Å². The Hall–Kier alpha value is -0.870. The van der Waals surface area contributed by atoms with E-state index in [1.54, 1.807) is 13.0 Å². The quantitative estimate of drug-likeness (QED) is 0.844. The van der Waals surface area contributed by atoms with Gasteiger partial charge in [0, 0.05) is 11.2 Å². The molecule has 1 N–H and O–H groups in total. The van der Waals surface area contributed by atoms with Crippen molar-refractivity contribution in [1.29, 1.82) is 0 Å². The Balaban J connectivity index is 3.11. The van der Waals surface area contributed by atoms with Gasteiger partial charge in [0.15, 0.2) is 0 Å². The first kappa shape index (κ1) is 11.2. The van der Waals surface area contributed by atoms with Crippen molar-refractivity contribution in [3.05, 3.63) is 44.0 Å². The van der Waals surface area contributed by atoms with Crippen molar-refractivity contribution in [3.8, 4) is 0 Å². The lowest BCUT2D eigenvalue weighted by atomic mass is 10.3. The third-order valence-electron chi connectivity index (χ3n) is 1.56. The van der Waals surface area contributed by atoms with E-state index in [1.165, 1.54) is 6.20 Å². The normalized spacial score (nSPS) is 11.5. The smallest absolute Gasteiger partial charge is 0.265 e. The average Bonchev–Trinajstić information content (AvgIpc) is 2.11. The van der Waals surface area contributed by atoms with Crippen LogP contribution in [-0.2, 0) is 0 Å². The fourth-order valence-electron chi connectivity index (χ4n) is 0.750. The first-order chi connectivity index (χ1) is 6.50. The van der Waals surface area contributed by atoms with Crippen LogP contribution in [0.25, 0.3) is 6.08 Å². The van der Waals surface area contributed by atoms with Gasteiger partial charge in [-0.25, -0.2) is 4.98 Å². The summed E-state index contributed by atoms with van der Waals surface area (Å²) >= 11 is 8.71. The fraction of sp³-hybridized carbons (Fsp3) is 0.111. The largest absolute Gasteiger partial charge is 0.306 e. The van der Waals surface area contributed by atoms with E-state index >= 15 is 0 Å². The molecule has 0 aromatic carbocycles. The topological polar surface area (TPSA) is 45.8 Å². The zero-order valence-electron chi connectivity index (χ0n) is 7.47. The van der Waals surface area contributed by atoms with Crippen LogP contribution in [0, 0.1) is 0 Å². The molecule has 74 valence electrons. The summed E-state index contributed by atoms with van der Waals surface area (Å²) in [5, 5.41) is 0.426. The van der Waals surface area contributed by atoms with Crippen LogP contribution >= 0.6 is 27.5 Å². The Labute approximate surface area is 94.6 Å². The van der Waals surface area contributed by atoms with Gasteiger partial charge in [-0.15, -0.1) is 0 Å². The van der Waals surface area contributed by atoms with Gasteiger partial charge in [-0.1, -0.05) is 18.2 Å². The molecule has 0 aliphatic heterocycles. The molecule has 0 fully saturated rings. The van der Waals surface area contributed by atoms with E-state index in [4.69, 9.17) is 11.6 Å². The lowest BCUT2D eigenvalue weighted by Gasteiger charge is -1.97. The van der Waals surface area contributed by atoms with Gasteiger partial charge >= 0.3 is 0 Å². The van der Waals surface area contributed by atoms with E-state index in [2.05, 4.69) is 32.5 Å². The highest BCUT2D eigenvalue weighted by atomic mass is 79.9. The summed E-state index contributed by atoms with van der Waals surface area (Å²) in [4.78, 5) is 17.7. The number of hydrogen-bond donors (Lipinski definition) is 1. The Morgan fingerprint density at radius 1 is 1.79 bits per heavy atom. The van der Waals surface area contributed by atoms with Gasteiger partial charge in [-0.3, -0.25) is 4.79 Å². The van der Waals surface area contributed by atoms with Crippen molar-refractivity contribution < 1.29 is 0 Å². The molecule has 0 amide bonds. The molecule has 0 aliphatic carbocycles. The molecule has 14 heavy (non-hydrogen) atoms.